The van der Waals surface area contributed by atoms with Gasteiger partial charge in [-0.15, -0.1) is 11.3 Å². The first-order valence-electron chi connectivity index (χ1n) is 13.9. The van der Waals surface area contributed by atoms with Gasteiger partial charge < -0.3 is 9.47 Å². The summed E-state index contributed by atoms with van der Waals surface area (Å²) in [4.78, 5) is 34.3. The zero-order valence-electron chi connectivity index (χ0n) is 24.0. The molecule has 0 bridgehead atoms. The number of nitrogens with zero attached hydrogens (tertiary/aromatic N) is 2. The highest BCUT2D eigenvalue weighted by molar-refractivity contribution is 7.23. The van der Waals surface area contributed by atoms with E-state index in [0.717, 1.165) is 30.7 Å². The number of alkyl halides is 1. The number of aromatic nitrogens is 2. The highest BCUT2D eigenvalue weighted by Crippen LogP contribution is 2.45. The molecule has 4 heterocycles. The van der Waals surface area contributed by atoms with Crippen molar-refractivity contribution in [3.05, 3.63) is 50.8 Å². The third-order valence-electron chi connectivity index (χ3n) is 8.02. The van der Waals surface area contributed by atoms with E-state index in [0.29, 0.717) is 28.9 Å². The van der Waals surface area contributed by atoms with Crippen molar-refractivity contribution in [1.29, 1.82) is 0 Å². The Morgan fingerprint density at radius 3 is 2.84 bits per heavy atom. The fourth-order valence-electron chi connectivity index (χ4n) is 6.20. The summed E-state index contributed by atoms with van der Waals surface area (Å²) in [5.74, 6) is -1.45. The van der Waals surface area contributed by atoms with Crippen molar-refractivity contribution in [3.8, 4) is 17.1 Å². The van der Waals surface area contributed by atoms with Crippen LogP contribution in [0.5, 0.6) is 6.01 Å². The van der Waals surface area contributed by atoms with Crippen LogP contribution < -0.4 is 15.6 Å². The Morgan fingerprint density at radius 2 is 2.09 bits per heavy atom. The molecular weight excluding hydrogens is 605 g/mol. The van der Waals surface area contributed by atoms with Crippen molar-refractivity contribution in [2.75, 3.05) is 25.0 Å². The van der Waals surface area contributed by atoms with E-state index in [1.54, 1.807) is 27.7 Å². The number of aromatic amines is 1. The monoisotopic (exact) mass is 634 g/mol. The molecule has 43 heavy (non-hydrogen) atoms. The number of amides is 1. The van der Waals surface area contributed by atoms with Gasteiger partial charge in [0.15, 0.2) is 5.82 Å². The Morgan fingerprint density at radius 1 is 1.33 bits per heavy atom. The molecule has 2 aromatic heterocycles. The Labute approximate surface area is 254 Å². The molecule has 0 spiro atoms. The first-order valence-corrected chi connectivity index (χ1v) is 15.1. The van der Waals surface area contributed by atoms with E-state index in [1.165, 1.54) is 18.2 Å². The second-order valence-corrected chi connectivity index (χ2v) is 13.6. The average molecular weight is 635 g/mol. The molecule has 4 aromatic rings. The van der Waals surface area contributed by atoms with Gasteiger partial charge in [0.1, 0.15) is 34.7 Å². The molecule has 0 saturated carbocycles. The summed E-state index contributed by atoms with van der Waals surface area (Å²) in [5, 5.41) is 3.17. The molecule has 0 unspecified atom stereocenters. The third kappa shape index (κ3) is 5.33. The van der Waals surface area contributed by atoms with Gasteiger partial charge in [0.05, 0.1) is 20.6 Å². The van der Waals surface area contributed by atoms with Crippen LogP contribution in [0, 0.1) is 18.6 Å². The fourth-order valence-corrected chi connectivity index (χ4v) is 7.62. The number of anilines is 1. The van der Waals surface area contributed by atoms with Gasteiger partial charge in [-0.05, 0) is 70.3 Å². The van der Waals surface area contributed by atoms with E-state index in [1.807, 2.05) is 0 Å². The summed E-state index contributed by atoms with van der Waals surface area (Å²) in [5.41, 5.74) is -1.49. The number of halogens is 4. The number of hydrogen-bond donors (Lipinski definition) is 2. The summed E-state index contributed by atoms with van der Waals surface area (Å²) >= 11 is 7.54. The second kappa shape index (κ2) is 10.7. The standard InChI is InChI=1S/C30H30ClF3N4O4S/c1-14-20-16(6-7-19(33)24(20)43-26(14)37-28(40)42-29(2,3)4)21-18(31)10-17-23(22(21)34)35-27(36-25(17)39)41-13-30-8-5-9-38(30)12-15(32)11-30/h6-7,10,15H,5,8-9,11-13H2,1-4H3,(H,37,40)(H,35,36,39)/t15-,30+/m1/s1. The highest BCUT2D eigenvalue weighted by Gasteiger charge is 2.49. The lowest BCUT2D eigenvalue weighted by atomic mass is 9.95. The number of fused-ring (bicyclic) bond motifs is 3. The fraction of sp³-hybridized carbons (Fsp3) is 0.433. The summed E-state index contributed by atoms with van der Waals surface area (Å²) in [6.45, 7) is 8.05. The zero-order chi connectivity index (χ0) is 30.8. The van der Waals surface area contributed by atoms with Gasteiger partial charge in [-0.3, -0.25) is 20.0 Å². The number of carbonyl (C=O) groups excluding carboxylic acids is 1. The Kier molecular flexibility index (Phi) is 7.37. The van der Waals surface area contributed by atoms with E-state index in [2.05, 4.69) is 20.2 Å². The number of ether oxygens (including phenoxy) is 2. The van der Waals surface area contributed by atoms with Gasteiger partial charge in [-0.1, -0.05) is 17.7 Å². The molecule has 2 aromatic carbocycles. The number of hydrogen-bond acceptors (Lipinski definition) is 7. The lowest BCUT2D eigenvalue weighted by Gasteiger charge is -2.30. The van der Waals surface area contributed by atoms with Gasteiger partial charge in [0.2, 0.25) is 0 Å². The predicted octanol–water partition coefficient (Wildman–Crippen LogP) is 7.35. The molecule has 6 rings (SSSR count). The largest absolute Gasteiger partial charge is 0.463 e. The van der Waals surface area contributed by atoms with E-state index in [4.69, 9.17) is 21.1 Å². The first kappa shape index (κ1) is 29.7. The number of benzene rings is 2. The normalized spacial score (nSPS) is 20.6. The lowest BCUT2D eigenvalue weighted by Crippen LogP contribution is -2.43. The maximum atomic E-state index is 16.4. The minimum Gasteiger partial charge on any atom is -0.463 e. The summed E-state index contributed by atoms with van der Waals surface area (Å²) in [6, 6.07) is 3.71. The lowest BCUT2D eigenvalue weighted by molar-refractivity contribution is 0.0636. The van der Waals surface area contributed by atoms with Crippen LogP contribution in [-0.4, -0.2) is 58.0 Å². The maximum Gasteiger partial charge on any atom is 0.412 e. The van der Waals surface area contributed by atoms with Gasteiger partial charge in [0, 0.05) is 23.9 Å². The van der Waals surface area contributed by atoms with Crippen LogP contribution in [0.25, 0.3) is 32.1 Å². The molecular formula is C30H30ClF3N4O4S. The Bertz CT molecular complexity index is 1840. The molecule has 2 fully saturated rings. The molecule has 2 aliphatic rings. The topological polar surface area (TPSA) is 96.5 Å². The van der Waals surface area contributed by atoms with Crippen LogP contribution in [0.2, 0.25) is 5.02 Å². The van der Waals surface area contributed by atoms with Crippen LogP contribution in [0.15, 0.2) is 23.0 Å². The van der Waals surface area contributed by atoms with E-state index in [9.17, 15) is 14.0 Å². The van der Waals surface area contributed by atoms with E-state index < -0.39 is 40.6 Å². The molecule has 13 heteroatoms. The summed E-state index contributed by atoms with van der Waals surface area (Å²) < 4.78 is 56.9. The number of carbonyl (C=O) groups is 1. The minimum absolute atomic E-state index is 0.0773. The molecule has 228 valence electrons. The van der Waals surface area contributed by atoms with E-state index in [-0.39, 0.29) is 44.4 Å². The summed E-state index contributed by atoms with van der Waals surface area (Å²) in [7, 11) is 0. The smallest absolute Gasteiger partial charge is 0.412 e. The number of thiophene rings is 1. The molecule has 2 saturated heterocycles. The molecule has 0 radical (unpaired) electrons. The van der Waals surface area contributed by atoms with Crippen molar-refractivity contribution >= 4 is 55.0 Å². The van der Waals surface area contributed by atoms with Crippen molar-refractivity contribution in [2.24, 2.45) is 0 Å². The molecule has 2 atom stereocenters. The van der Waals surface area contributed by atoms with Gasteiger partial charge in [0.25, 0.3) is 11.6 Å². The number of H-pyrrole nitrogens is 1. The first-order chi connectivity index (χ1) is 20.3. The quantitative estimate of drug-likeness (QED) is 0.238. The van der Waals surface area contributed by atoms with Gasteiger partial charge >= 0.3 is 6.09 Å². The molecule has 2 N–H and O–H groups in total. The second-order valence-electron chi connectivity index (χ2n) is 12.2. The maximum absolute atomic E-state index is 16.4. The minimum atomic E-state index is -0.956. The summed E-state index contributed by atoms with van der Waals surface area (Å²) in [6.07, 6.45) is 0.323. The van der Waals surface area contributed by atoms with Crippen molar-refractivity contribution < 1.29 is 27.4 Å². The van der Waals surface area contributed by atoms with E-state index >= 15 is 8.78 Å². The Balaban J connectivity index is 1.41. The molecule has 8 nitrogen and oxygen atoms in total. The van der Waals surface area contributed by atoms with Crippen molar-refractivity contribution in [1.82, 2.24) is 14.9 Å². The molecule has 0 aliphatic carbocycles. The van der Waals surface area contributed by atoms with Crippen LogP contribution in [-0.2, 0) is 4.74 Å². The predicted molar refractivity (Wildman–Crippen MR) is 161 cm³/mol. The SMILES string of the molecule is Cc1c(NC(=O)OC(C)(C)C)sc2c(F)ccc(-c3c(Cl)cc4c(=O)[nH]c(OC[C@@]56CCCN5C[C@H](F)C6)nc4c3F)c12. The molecule has 1 amide bonds. The van der Waals surface area contributed by atoms with Crippen LogP contribution in [0.4, 0.5) is 23.0 Å². The Hall–Kier alpha value is -3.35. The number of aryl methyl sites for hydroxylation is 1. The zero-order valence-corrected chi connectivity index (χ0v) is 25.6. The number of nitrogens with one attached hydrogen (secondary N) is 2. The average Bonchev–Trinajstić information content (AvgIpc) is 3.54. The van der Waals surface area contributed by atoms with Crippen LogP contribution in [0.3, 0.4) is 0 Å². The third-order valence-corrected chi connectivity index (χ3v) is 9.54. The van der Waals surface area contributed by atoms with Crippen molar-refractivity contribution in [3.63, 3.8) is 0 Å². The van der Waals surface area contributed by atoms with Crippen LogP contribution >= 0.6 is 22.9 Å². The van der Waals surface area contributed by atoms with Crippen molar-refractivity contribution in [2.45, 2.75) is 64.3 Å². The number of rotatable bonds is 5. The van der Waals surface area contributed by atoms with Gasteiger partial charge in [-0.25, -0.2) is 18.0 Å². The molecule has 2 aliphatic heterocycles. The van der Waals surface area contributed by atoms with Crippen LogP contribution in [0.1, 0.15) is 45.6 Å². The van der Waals surface area contributed by atoms with Gasteiger partial charge in [-0.2, -0.15) is 4.98 Å². The highest BCUT2D eigenvalue weighted by atomic mass is 35.5.